The maximum absolute atomic E-state index is 13.7. The molecule has 0 spiro atoms. The van der Waals surface area contributed by atoms with Crippen molar-refractivity contribution in [2.24, 2.45) is 0 Å². The molecule has 0 atom stereocenters. The van der Waals surface area contributed by atoms with E-state index in [-0.39, 0.29) is 12.2 Å². The number of methoxy groups -OCH3 is 2. The fraction of sp³-hybridized carbons (Fsp3) is 0.238. The molecular weight excluding hydrogens is 435 g/mol. The van der Waals surface area contributed by atoms with Gasteiger partial charge in [-0.3, -0.25) is 4.79 Å². The lowest BCUT2D eigenvalue weighted by atomic mass is 10.1. The molecule has 0 bridgehead atoms. The Balaban J connectivity index is 1.77. The van der Waals surface area contributed by atoms with E-state index in [1.807, 2.05) is 0 Å². The van der Waals surface area contributed by atoms with Crippen molar-refractivity contribution < 1.29 is 27.4 Å². The van der Waals surface area contributed by atoms with Crippen molar-refractivity contribution in [2.45, 2.75) is 12.6 Å². The zero-order chi connectivity index (χ0) is 22.6. The molecule has 0 aliphatic rings. The third-order valence-corrected chi connectivity index (χ3v) is 4.75. The Labute approximate surface area is 181 Å². The number of hydrogen-bond donors (Lipinski definition) is 1. The largest absolute Gasteiger partial charge is 0.493 e. The number of rotatable bonds is 7. The maximum Gasteiger partial charge on any atom is 0.434 e. The molecule has 0 radical (unpaired) electrons. The molecule has 164 valence electrons. The summed E-state index contributed by atoms with van der Waals surface area (Å²) in [6.45, 7) is 0.123. The highest BCUT2D eigenvalue weighted by atomic mass is 35.5. The number of carbonyl (C=O) groups is 1. The number of alkyl halides is 3. The number of amides is 1. The average Bonchev–Trinajstić information content (AvgIpc) is 3.20. The highest BCUT2D eigenvalue weighted by molar-refractivity contribution is 6.30. The Morgan fingerprint density at radius 3 is 2.39 bits per heavy atom. The van der Waals surface area contributed by atoms with Crippen LogP contribution in [0.2, 0.25) is 5.02 Å². The summed E-state index contributed by atoms with van der Waals surface area (Å²) < 4.78 is 52.2. The van der Waals surface area contributed by atoms with E-state index in [4.69, 9.17) is 21.1 Å². The van der Waals surface area contributed by atoms with Crippen molar-refractivity contribution in [3.05, 3.63) is 70.5 Å². The minimum absolute atomic E-state index is 0.123. The van der Waals surface area contributed by atoms with Gasteiger partial charge in [0.25, 0.3) is 5.91 Å². The van der Waals surface area contributed by atoms with Crippen LogP contribution in [-0.4, -0.2) is 36.5 Å². The summed E-state index contributed by atoms with van der Waals surface area (Å²) >= 11 is 5.80. The second-order valence-corrected chi connectivity index (χ2v) is 6.92. The van der Waals surface area contributed by atoms with Gasteiger partial charge in [0, 0.05) is 11.6 Å². The summed E-state index contributed by atoms with van der Waals surface area (Å²) in [7, 11) is 3.01. The van der Waals surface area contributed by atoms with Crippen LogP contribution < -0.4 is 14.8 Å². The Hall–Kier alpha value is -3.20. The zero-order valence-electron chi connectivity index (χ0n) is 16.7. The molecule has 10 heteroatoms. The van der Waals surface area contributed by atoms with Gasteiger partial charge >= 0.3 is 6.18 Å². The molecule has 0 fully saturated rings. The van der Waals surface area contributed by atoms with Crippen LogP contribution in [0.25, 0.3) is 5.69 Å². The minimum Gasteiger partial charge on any atom is -0.493 e. The fourth-order valence-electron chi connectivity index (χ4n) is 3.02. The molecule has 1 amide bonds. The van der Waals surface area contributed by atoms with E-state index in [2.05, 4.69) is 10.4 Å². The van der Waals surface area contributed by atoms with Gasteiger partial charge in [0.05, 0.1) is 31.7 Å². The second-order valence-electron chi connectivity index (χ2n) is 6.49. The van der Waals surface area contributed by atoms with Crippen molar-refractivity contribution in [3.63, 3.8) is 0 Å². The number of halogens is 4. The molecule has 2 aromatic carbocycles. The van der Waals surface area contributed by atoms with Gasteiger partial charge in [-0.25, -0.2) is 4.68 Å². The molecule has 3 aromatic rings. The topological polar surface area (TPSA) is 65.4 Å². The van der Waals surface area contributed by atoms with Crippen LogP contribution in [0.5, 0.6) is 11.5 Å². The van der Waals surface area contributed by atoms with Gasteiger partial charge in [-0.15, -0.1) is 0 Å². The quantitative estimate of drug-likeness (QED) is 0.570. The summed E-state index contributed by atoms with van der Waals surface area (Å²) in [4.78, 5) is 12.5. The van der Waals surface area contributed by atoms with Crippen LogP contribution in [0.15, 0.2) is 48.7 Å². The van der Waals surface area contributed by atoms with E-state index in [1.54, 1.807) is 18.2 Å². The molecule has 0 saturated carbocycles. The van der Waals surface area contributed by atoms with Crippen molar-refractivity contribution >= 4 is 17.5 Å². The van der Waals surface area contributed by atoms with Gasteiger partial charge in [0.15, 0.2) is 17.2 Å². The normalized spacial score (nSPS) is 11.3. The second kappa shape index (κ2) is 9.30. The number of nitrogens with zero attached hydrogens (tertiary/aromatic N) is 2. The maximum atomic E-state index is 13.7. The van der Waals surface area contributed by atoms with E-state index in [9.17, 15) is 18.0 Å². The van der Waals surface area contributed by atoms with E-state index in [0.717, 1.165) is 11.8 Å². The Bertz CT molecular complexity index is 1070. The molecule has 1 N–H and O–H groups in total. The fourth-order valence-corrected chi connectivity index (χ4v) is 3.14. The standard InChI is InChI=1S/C21H19ClF3N3O3/c1-30-17-8-3-13(11-18(17)31-2)9-10-26-20(29)16-12-27-28(19(16)21(23,24)25)15-6-4-14(22)5-7-15/h3-8,11-12H,9-10H2,1-2H3,(H,26,29). The van der Waals surface area contributed by atoms with Gasteiger partial charge in [0.2, 0.25) is 0 Å². The van der Waals surface area contributed by atoms with Gasteiger partial charge in [-0.2, -0.15) is 18.3 Å². The Morgan fingerprint density at radius 2 is 1.77 bits per heavy atom. The summed E-state index contributed by atoms with van der Waals surface area (Å²) in [6, 6.07) is 10.9. The summed E-state index contributed by atoms with van der Waals surface area (Å²) in [5, 5.41) is 6.66. The Morgan fingerprint density at radius 1 is 1.10 bits per heavy atom. The number of benzene rings is 2. The first-order valence-corrected chi connectivity index (χ1v) is 9.52. The summed E-state index contributed by atoms with van der Waals surface area (Å²) in [5.41, 5.74) is -0.750. The van der Waals surface area contributed by atoms with E-state index < -0.39 is 23.3 Å². The lowest BCUT2D eigenvalue weighted by Crippen LogP contribution is -2.28. The first-order chi connectivity index (χ1) is 14.7. The predicted molar refractivity (Wildman–Crippen MR) is 109 cm³/mol. The smallest absolute Gasteiger partial charge is 0.434 e. The number of aromatic nitrogens is 2. The zero-order valence-corrected chi connectivity index (χ0v) is 17.4. The van der Waals surface area contributed by atoms with E-state index in [0.29, 0.717) is 27.6 Å². The van der Waals surface area contributed by atoms with E-state index >= 15 is 0 Å². The first-order valence-electron chi connectivity index (χ1n) is 9.15. The molecule has 6 nitrogen and oxygen atoms in total. The molecule has 1 aromatic heterocycles. The van der Waals surface area contributed by atoms with Crippen LogP contribution in [0.4, 0.5) is 13.2 Å². The monoisotopic (exact) mass is 453 g/mol. The van der Waals surface area contributed by atoms with Crippen LogP contribution in [-0.2, 0) is 12.6 Å². The molecule has 31 heavy (non-hydrogen) atoms. The number of nitrogens with one attached hydrogen (secondary N) is 1. The Kier molecular flexibility index (Phi) is 6.74. The number of ether oxygens (including phenoxy) is 2. The summed E-state index contributed by atoms with van der Waals surface area (Å²) in [6.07, 6.45) is -3.49. The molecule has 0 saturated heterocycles. The molecule has 0 unspecified atom stereocenters. The number of hydrogen-bond acceptors (Lipinski definition) is 4. The molecular formula is C21H19ClF3N3O3. The van der Waals surface area contributed by atoms with Gasteiger partial charge in [0.1, 0.15) is 0 Å². The van der Waals surface area contributed by atoms with Crippen molar-refractivity contribution in [3.8, 4) is 17.2 Å². The lowest BCUT2D eigenvalue weighted by molar-refractivity contribution is -0.143. The van der Waals surface area contributed by atoms with Crippen molar-refractivity contribution in [1.29, 1.82) is 0 Å². The van der Waals surface area contributed by atoms with Crippen molar-refractivity contribution in [1.82, 2.24) is 15.1 Å². The average molecular weight is 454 g/mol. The third kappa shape index (κ3) is 5.11. The van der Waals surface area contributed by atoms with Crippen LogP contribution in [0, 0.1) is 0 Å². The minimum atomic E-state index is -4.79. The molecule has 3 rings (SSSR count). The molecule has 1 heterocycles. The van der Waals surface area contributed by atoms with Gasteiger partial charge < -0.3 is 14.8 Å². The number of carbonyl (C=O) groups excluding carboxylic acids is 1. The third-order valence-electron chi connectivity index (χ3n) is 4.50. The van der Waals surface area contributed by atoms with Gasteiger partial charge in [-0.05, 0) is 48.4 Å². The van der Waals surface area contributed by atoms with Crippen LogP contribution in [0.1, 0.15) is 21.6 Å². The highest BCUT2D eigenvalue weighted by Gasteiger charge is 2.40. The SMILES string of the molecule is COc1ccc(CCNC(=O)c2cnn(-c3ccc(Cl)cc3)c2C(F)(F)F)cc1OC. The van der Waals surface area contributed by atoms with Gasteiger partial charge in [-0.1, -0.05) is 17.7 Å². The van der Waals surface area contributed by atoms with Crippen LogP contribution >= 0.6 is 11.6 Å². The first kappa shape index (κ1) is 22.5. The van der Waals surface area contributed by atoms with Crippen molar-refractivity contribution in [2.75, 3.05) is 20.8 Å². The van der Waals surface area contributed by atoms with E-state index in [1.165, 1.54) is 38.5 Å². The van der Waals surface area contributed by atoms with Crippen LogP contribution in [0.3, 0.4) is 0 Å². The summed E-state index contributed by atoms with van der Waals surface area (Å²) in [5.74, 6) is 0.211. The molecule has 0 aliphatic carbocycles. The predicted octanol–water partition coefficient (Wildman–Crippen LogP) is 4.53. The lowest BCUT2D eigenvalue weighted by Gasteiger charge is -2.13. The highest BCUT2D eigenvalue weighted by Crippen LogP contribution is 2.34. The molecule has 0 aliphatic heterocycles.